The molecule has 34 heavy (non-hydrogen) atoms. The lowest BCUT2D eigenvalue weighted by Gasteiger charge is -2.21. The van der Waals surface area contributed by atoms with Crippen LogP contribution in [0.3, 0.4) is 0 Å². The molecule has 0 aliphatic heterocycles. The molecule has 0 bridgehead atoms. The van der Waals surface area contributed by atoms with Crippen molar-refractivity contribution in [3.05, 3.63) is 59.7 Å². The molecule has 9 nitrogen and oxygen atoms in total. The van der Waals surface area contributed by atoms with Crippen LogP contribution in [0.1, 0.15) is 37.3 Å². The third kappa shape index (κ3) is 6.34. The number of alkyl carbamates (subject to hydrolysis) is 1. The molecule has 2 aromatic carbocycles. The van der Waals surface area contributed by atoms with Crippen LogP contribution in [0.15, 0.2) is 48.5 Å². The second kappa shape index (κ2) is 11.3. The van der Waals surface area contributed by atoms with Crippen molar-refractivity contribution in [3.8, 4) is 11.1 Å². The van der Waals surface area contributed by atoms with E-state index >= 15 is 0 Å². The summed E-state index contributed by atoms with van der Waals surface area (Å²) in [5.74, 6) is -2.39. The normalized spacial score (nSPS) is 12.9. The van der Waals surface area contributed by atoms with Gasteiger partial charge in [0.2, 0.25) is 11.8 Å². The van der Waals surface area contributed by atoms with Crippen molar-refractivity contribution in [2.45, 2.75) is 32.2 Å². The van der Waals surface area contributed by atoms with Gasteiger partial charge in [0, 0.05) is 5.92 Å². The highest BCUT2D eigenvalue weighted by Crippen LogP contribution is 2.44. The number of nitrogens with one attached hydrogen (secondary N) is 3. The van der Waals surface area contributed by atoms with Crippen LogP contribution in [0.25, 0.3) is 11.1 Å². The number of ether oxygens (including phenoxy) is 1. The van der Waals surface area contributed by atoms with E-state index in [2.05, 4.69) is 16.0 Å². The summed E-state index contributed by atoms with van der Waals surface area (Å²) in [6.45, 7) is 2.99. The molecule has 0 heterocycles. The molecule has 0 saturated heterocycles. The first kappa shape index (κ1) is 24.8. The molecule has 3 rings (SSSR count). The lowest BCUT2D eigenvalue weighted by Crippen LogP contribution is -2.50. The maximum atomic E-state index is 12.6. The zero-order valence-electron chi connectivity index (χ0n) is 19.2. The summed E-state index contributed by atoms with van der Waals surface area (Å²) in [4.78, 5) is 47.3. The molecule has 3 amide bonds. The SMILES string of the molecule is CC(C)C[C@H](NC(=O)OCC1c2ccccc2-c2ccccc21)C(=O)NCC(=O)NCC(=O)O. The van der Waals surface area contributed by atoms with Crippen molar-refractivity contribution >= 4 is 23.9 Å². The maximum Gasteiger partial charge on any atom is 0.407 e. The molecule has 2 aromatic rings. The lowest BCUT2D eigenvalue weighted by atomic mass is 9.98. The van der Waals surface area contributed by atoms with E-state index in [9.17, 15) is 19.2 Å². The van der Waals surface area contributed by atoms with Gasteiger partial charge in [-0.05, 0) is 34.6 Å². The highest BCUT2D eigenvalue weighted by atomic mass is 16.5. The van der Waals surface area contributed by atoms with Crippen molar-refractivity contribution in [2.24, 2.45) is 5.92 Å². The highest BCUT2D eigenvalue weighted by Gasteiger charge is 2.30. The smallest absolute Gasteiger partial charge is 0.407 e. The fourth-order valence-electron chi connectivity index (χ4n) is 4.01. The van der Waals surface area contributed by atoms with E-state index in [0.29, 0.717) is 6.42 Å². The number of hydrogen-bond acceptors (Lipinski definition) is 5. The fourth-order valence-corrected chi connectivity index (χ4v) is 4.01. The van der Waals surface area contributed by atoms with E-state index in [4.69, 9.17) is 9.84 Å². The molecule has 0 unspecified atom stereocenters. The average molecular weight is 468 g/mol. The molecule has 4 N–H and O–H groups in total. The minimum atomic E-state index is -1.19. The van der Waals surface area contributed by atoms with Crippen LogP contribution in [0.2, 0.25) is 0 Å². The Morgan fingerprint density at radius 2 is 1.50 bits per heavy atom. The second-order valence-corrected chi connectivity index (χ2v) is 8.54. The molecule has 0 radical (unpaired) electrons. The van der Waals surface area contributed by atoms with E-state index in [1.165, 1.54) is 0 Å². The van der Waals surface area contributed by atoms with Crippen LogP contribution in [0.5, 0.6) is 0 Å². The van der Waals surface area contributed by atoms with Crippen LogP contribution < -0.4 is 16.0 Å². The third-order valence-corrected chi connectivity index (χ3v) is 5.52. The summed E-state index contributed by atoms with van der Waals surface area (Å²) in [7, 11) is 0. The van der Waals surface area contributed by atoms with E-state index in [1.54, 1.807) is 0 Å². The lowest BCUT2D eigenvalue weighted by molar-refractivity contribution is -0.137. The van der Waals surface area contributed by atoms with E-state index in [-0.39, 0.29) is 18.4 Å². The quantitative estimate of drug-likeness (QED) is 0.424. The Morgan fingerprint density at radius 1 is 0.912 bits per heavy atom. The Hall–Kier alpha value is -3.88. The number of aliphatic carboxylic acids is 1. The van der Waals surface area contributed by atoms with Gasteiger partial charge < -0.3 is 25.8 Å². The number of fused-ring (bicyclic) bond motifs is 3. The van der Waals surface area contributed by atoms with Gasteiger partial charge in [-0.1, -0.05) is 62.4 Å². The molecule has 0 aromatic heterocycles. The zero-order valence-corrected chi connectivity index (χ0v) is 19.2. The molecule has 9 heteroatoms. The minimum absolute atomic E-state index is 0.0884. The topological polar surface area (TPSA) is 134 Å². The molecule has 1 aliphatic carbocycles. The van der Waals surface area contributed by atoms with Crippen LogP contribution >= 0.6 is 0 Å². The van der Waals surface area contributed by atoms with Crippen LogP contribution in [0.4, 0.5) is 4.79 Å². The predicted octanol–water partition coefficient (Wildman–Crippen LogP) is 2.26. The second-order valence-electron chi connectivity index (χ2n) is 8.54. The van der Waals surface area contributed by atoms with Crippen molar-refractivity contribution in [1.82, 2.24) is 16.0 Å². The average Bonchev–Trinajstić information content (AvgIpc) is 3.13. The number of amides is 3. The van der Waals surface area contributed by atoms with E-state index < -0.39 is 43.0 Å². The van der Waals surface area contributed by atoms with Gasteiger partial charge in [0.05, 0.1) is 6.54 Å². The molecule has 0 spiro atoms. The number of carbonyl (C=O) groups is 4. The first-order chi connectivity index (χ1) is 16.3. The van der Waals surface area contributed by atoms with Gasteiger partial charge in [-0.3, -0.25) is 14.4 Å². The number of benzene rings is 2. The number of hydrogen-bond donors (Lipinski definition) is 4. The predicted molar refractivity (Wildman–Crippen MR) is 125 cm³/mol. The Kier molecular flexibility index (Phi) is 8.24. The minimum Gasteiger partial charge on any atom is -0.480 e. The largest absolute Gasteiger partial charge is 0.480 e. The monoisotopic (exact) mass is 467 g/mol. The van der Waals surface area contributed by atoms with E-state index in [1.807, 2.05) is 62.4 Å². The summed E-state index contributed by atoms with van der Waals surface area (Å²) in [6.07, 6.45) is -0.384. The number of rotatable bonds is 10. The number of carboxylic acid groups (broad SMARTS) is 1. The van der Waals surface area contributed by atoms with Crippen molar-refractivity contribution in [2.75, 3.05) is 19.7 Å². The van der Waals surface area contributed by atoms with Crippen molar-refractivity contribution in [1.29, 1.82) is 0 Å². The van der Waals surface area contributed by atoms with Gasteiger partial charge >= 0.3 is 12.1 Å². The van der Waals surface area contributed by atoms with E-state index in [0.717, 1.165) is 22.3 Å². The van der Waals surface area contributed by atoms with Gasteiger partial charge in [-0.25, -0.2) is 4.79 Å². The first-order valence-electron chi connectivity index (χ1n) is 11.1. The number of carbonyl (C=O) groups excluding carboxylic acids is 3. The molecular weight excluding hydrogens is 438 g/mol. The standard InChI is InChI=1S/C25H29N3O6/c1-15(2)11-21(24(32)27-12-22(29)26-13-23(30)31)28-25(33)34-14-20-18-9-5-3-7-16(18)17-8-4-6-10-19(17)20/h3-10,15,20-21H,11-14H2,1-2H3,(H,26,29)(H,27,32)(H,28,33)(H,30,31)/t21-/m0/s1. The fraction of sp³-hybridized carbons (Fsp3) is 0.360. The van der Waals surface area contributed by atoms with Crippen molar-refractivity contribution in [3.63, 3.8) is 0 Å². The summed E-state index contributed by atoms with van der Waals surface area (Å²) in [6, 6.07) is 15.1. The summed E-state index contributed by atoms with van der Waals surface area (Å²) >= 11 is 0. The summed E-state index contributed by atoms with van der Waals surface area (Å²) < 4.78 is 5.52. The van der Waals surface area contributed by atoms with Crippen molar-refractivity contribution < 1.29 is 29.0 Å². The third-order valence-electron chi connectivity index (χ3n) is 5.52. The molecule has 180 valence electrons. The Morgan fingerprint density at radius 3 is 2.06 bits per heavy atom. The van der Waals surface area contributed by atoms with Gasteiger partial charge in [0.1, 0.15) is 19.2 Å². The van der Waals surface area contributed by atoms with Crippen LogP contribution in [-0.2, 0) is 19.1 Å². The highest BCUT2D eigenvalue weighted by molar-refractivity contribution is 5.90. The zero-order chi connectivity index (χ0) is 24.7. The summed E-state index contributed by atoms with van der Waals surface area (Å²) in [5.41, 5.74) is 4.40. The molecule has 1 atom stereocenters. The number of carboxylic acids is 1. The first-order valence-corrected chi connectivity index (χ1v) is 11.1. The summed E-state index contributed by atoms with van der Waals surface area (Å²) in [5, 5.41) is 15.8. The van der Waals surface area contributed by atoms with Gasteiger partial charge in [-0.15, -0.1) is 0 Å². The Bertz CT molecular complexity index is 1020. The molecule has 0 fully saturated rings. The molecular formula is C25H29N3O6. The van der Waals surface area contributed by atoms with Gasteiger partial charge in [-0.2, -0.15) is 0 Å². The van der Waals surface area contributed by atoms with Crippen LogP contribution in [0, 0.1) is 5.92 Å². The molecule has 0 saturated carbocycles. The molecule has 1 aliphatic rings. The van der Waals surface area contributed by atoms with Gasteiger partial charge in [0.15, 0.2) is 0 Å². The Labute approximate surface area is 197 Å². The maximum absolute atomic E-state index is 12.6. The Balaban J connectivity index is 1.58. The van der Waals surface area contributed by atoms with Gasteiger partial charge in [0.25, 0.3) is 0 Å². The van der Waals surface area contributed by atoms with Crippen LogP contribution in [-0.4, -0.2) is 54.7 Å².